The zero-order chi connectivity index (χ0) is 11.9. The fraction of sp³-hybridized carbons (Fsp3) is 0.571. The van der Waals surface area contributed by atoms with Crippen LogP contribution in [0.1, 0.15) is 37.7 Å². The lowest BCUT2D eigenvalue weighted by molar-refractivity contribution is 0.253. The van der Waals surface area contributed by atoms with E-state index in [4.69, 9.17) is 5.73 Å². The first-order valence-corrected chi connectivity index (χ1v) is 6.53. The zero-order valence-corrected chi connectivity index (χ0v) is 10.1. The van der Waals surface area contributed by atoms with Gasteiger partial charge in [-0.3, -0.25) is 0 Å². The van der Waals surface area contributed by atoms with E-state index in [-0.39, 0.29) is 11.4 Å². The van der Waals surface area contributed by atoms with Crippen LogP contribution in [-0.2, 0) is 5.54 Å². The third-order valence-electron chi connectivity index (χ3n) is 4.22. The normalized spacial score (nSPS) is 22.6. The number of halogens is 1. The molecule has 0 atom stereocenters. The highest BCUT2D eigenvalue weighted by Crippen LogP contribution is 2.39. The highest BCUT2D eigenvalue weighted by molar-refractivity contribution is 5.51. The summed E-state index contributed by atoms with van der Waals surface area (Å²) in [5, 5.41) is 0. The Morgan fingerprint density at radius 1 is 1.12 bits per heavy atom. The molecule has 0 spiro atoms. The van der Waals surface area contributed by atoms with Crippen molar-refractivity contribution in [2.75, 3.05) is 18.0 Å². The van der Waals surface area contributed by atoms with Gasteiger partial charge in [0.25, 0.3) is 0 Å². The van der Waals surface area contributed by atoms with Crippen molar-refractivity contribution >= 4 is 5.69 Å². The van der Waals surface area contributed by atoms with Crippen molar-refractivity contribution in [1.82, 2.24) is 0 Å². The molecule has 1 aromatic rings. The summed E-state index contributed by atoms with van der Waals surface area (Å²) >= 11 is 0. The third-order valence-corrected chi connectivity index (χ3v) is 4.22. The van der Waals surface area contributed by atoms with E-state index in [2.05, 4.69) is 4.90 Å². The molecule has 0 aromatic heterocycles. The van der Waals surface area contributed by atoms with Crippen LogP contribution in [0.5, 0.6) is 0 Å². The van der Waals surface area contributed by atoms with Crippen LogP contribution in [0.2, 0.25) is 0 Å². The van der Waals surface area contributed by atoms with Crippen LogP contribution in [0.3, 0.4) is 0 Å². The first kappa shape index (κ1) is 11.0. The summed E-state index contributed by atoms with van der Waals surface area (Å²) in [6, 6.07) is 5.56. The van der Waals surface area contributed by atoms with Crippen LogP contribution in [0.4, 0.5) is 10.1 Å². The average Bonchev–Trinajstić information content (AvgIpc) is 2.79. The van der Waals surface area contributed by atoms with Gasteiger partial charge in [0, 0.05) is 18.6 Å². The molecule has 0 amide bonds. The zero-order valence-electron chi connectivity index (χ0n) is 10.1. The molecule has 1 aliphatic heterocycles. The first-order valence-electron chi connectivity index (χ1n) is 6.53. The maximum absolute atomic E-state index is 14.1. The van der Waals surface area contributed by atoms with Gasteiger partial charge in [-0.05, 0) is 49.8 Å². The number of nitrogens with zero attached hydrogens (tertiary/aromatic N) is 1. The van der Waals surface area contributed by atoms with Gasteiger partial charge in [0.2, 0.25) is 0 Å². The molecule has 0 bridgehead atoms. The van der Waals surface area contributed by atoms with Crippen molar-refractivity contribution in [2.45, 2.75) is 37.6 Å². The molecule has 0 unspecified atom stereocenters. The number of hydrogen-bond donors (Lipinski definition) is 1. The number of benzene rings is 1. The maximum Gasteiger partial charge on any atom is 0.146 e. The molecule has 17 heavy (non-hydrogen) atoms. The van der Waals surface area contributed by atoms with Gasteiger partial charge in [-0.1, -0.05) is 6.07 Å². The van der Waals surface area contributed by atoms with Gasteiger partial charge in [0.05, 0.1) is 5.69 Å². The van der Waals surface area contributed by atoms with Crippen LogP contribution < -0.4 is 10.6 Å². The van der Waals surface area contributed by atoms with Crippen LogP contribution in [0.25, 0.3) is 0 Å². The highest BCUT2D eigenvalue weighted by Gasteiger charge is 2.34. The Hall–Kier alpha value is -1.09. The predicted octanol–water partition coefficient (Wildman–Crippen LogP) is 2.76. The van der Waals surface area contributed by atoms with Crippen molar-refractivity contribution in [2.24, 2.45) is 5.73 Å². The molecule has 2 aliphatic rings. The Balaban J connectivity index is 1.88. The molecule has 1 aromatic carbocycles. The second-order valence-electron chi connectivity index (χ2n) is 5.37. The average molecular weight is 234 g/mol. The summed E-state index contributed by atoms with van der Waals surface area (Å²) in [7, 11) is 0. The fourth-order valence-electron chi connectivity index (χ4n) is 2.88. The molecule has 2 N–H and O–H groups in total. The first-order chi connectivity index (χ1) is 8.19. The van der Waals surface area contributed by atoms with Crippen molar-refractivity contribution in [3.8, 4) is 0 Å². The molecule has 3 heteroatoms. The molecule has 1 saturated carbocycles. The lowest BCUT2D eigenvalue weighted by Gasteiger charge is -2.38. The summed E-state index contributed by atoms with van der Waals surface area (Å²) in [5.41, 5.74) is 7.66. The summed E-state index contributed by atoms with van der Waals surface area (Å²) in [4.78, 5) is 2.13. The smallest absolute Gasteiger partial charge is 0.146 e. The van der Waals surface area contributed by atoms with E-state index in [0.29, 0.717) is 0 Å². The molecule has 2 fully saturated rings. The summed E-state index contributed by atoms with van der Waals surface area (Å²) < 4.78 is 14.1. The Bertz CT molecular complexity index is 420. The van der Waals surface area contributed by atoms with Gasteiger partial charge in [-0.2, -0.15) is 0 Å². The number of rotatable bonds is 2. The van der Waals surface area contributed by atoms with E-state index in [1.165, 1.54) is 12.8 Å². The topological polar surface area (TPSA) is 29.3 Å². The highest BCUT2D eigenvalue weighted by atomic mass is 19.1. The van der Waals surface area contributed by atoms with E-state index < -0.39 is 0 Å². The largest absolute Gasteiger partial charge is 0.369 e. The fourth-order valence-corrected chi connectivity index (χ4v) is 2.88. The molecule has 1 heterocycles. The van der Waals surface area contributed by atoms with E-state index in [1.807, 2.05) is 12.1 Å². The van der Waals surface area contributed by atoms with Gasteiger partial charge in [0.1, 0.15) is 5.82 Å². The predicted molar refractivity (Wildman–Crippen MR) is 67.6 cm³/mol. The minimum Gasteiger partial charge on any atom is -0.369 e. The second-order valence-corrected chi connectivity index (χ2v) is 5.37. The minimum atomic E-state index is -0.260. The number of hydrogen-bond acceptors (Lipinski definition) is 2. The van der Waals surface area contributed by atoms with Crippen molar-refractivity contribution in [1.29, 1.82) is 0 Å². The van der Waals surface area contributed by atoms with Crippen molar-refractivity contribution < 1.29 is 4.39 Å². The van der Waals surface area contributed by atoms with E-state index >= 15 is 0 Å². The monoisotopic (exact) mass is 234 g/mol. The summed E-state index contributed by atoms with van der Waals surface area (Å²) in [6.07, 6.45) is 5.46. The Kier molecular flexibility index (Phi) is 2.58. The SMILES string of the molecule is NC1(c2ccc(N3CCCC3)c(F)c2)CCC1. The lowest BCUT2D eigenvalue weighted by Crippen LogP contribution is -2.43. The molecule has 2 nitrogen and oxygen atoms in total. The quantitative estimate of drug-likeness (QED) is 0.852. The molecule has 1 saturated heterocycles. The van der Waals surface area contributed by atoms with Gasteiger partial charge in [-0.25, -0.2) is 4.39 Å². The van der Waals surface area contributed by atoms with Crippen LogP contribution in [-0.4, -0.2) is 13.1 Å². The van der Waals surface area contributed by atoms with E-state index in [0.717, 1.165) is 43.6 Å². The lowest BCUT2D eigenvalue weighted by atomic mass is 9.73. The Morgan fingerprint density at radius 3 is 2.35 bits per heavy atom. The summed E-state index contributed by atoms with van der Waals surface area (Å²) in [5.74, 6) is -0.110. The van der Waals surface area contributed by atoms with Gasteiger partial charge in [0.15, 0.2) is 0 Å². The Morgan fingerprint density at radius 2 is 1.82 bits per heavy atom. The van der Waals surface area contributed by atoms with Gasteiger partial charge >= 0.3 is 0 Å². The maximum atomic E-state index is 14.1. The number of nitrogens with two attached hydrogens (primary N) is 1. The Labute approximate surface area is 102 Å². The number of anilines is 1. The standard InChI is InChI=1S/C14H19FN2/c15-12-10-11(14(16)6-3-7-14)4-5-13(12)17-8-1-2-9-17/h4-5,10H,1-3,6-9,16H2. The van der Waals surface area contributed by atoms with Crippen LogP contribution in [0.15, 0.2) is 18.2 Å². The van der Waals surface area contributed by atoms with Crippen LogP contribution >= 0.6 is 0 Å². The van der Waals surface area contributed by atoms with Crippen molar-refractivity contribution in [3.63, 3.8) is 0 Å². The molecule has 0 radical (unpaired) electrons. The van der Waals surface area contributed by atoms with E-state index in [1.54, 1.807) is 6.07 Å². The van der Waals surface area contributed by atoms with E-state index in [9.17, 15) is 4.39 Å². The van der Waals surface area contributed by atoms with Crippen LogP contribution in [0, 0.1) is 5.82 Å². The molecular weight excluding hydrogens is 215 g/mol. The molecule has 1 aliphatic carbocycles. The second kappa shape index (κ2) is 3.98. The van der Waals surface area contributed by atoms with Crippen molar-refractivity contribution in [3.05, 3.63) is 29.6 Å². The molecule has 3 rings (SSSR count). The minimum absolute atomic E-state index is 0.110. The molecule has 92 valence electrons. The van der Waals surface area contributed by atoms with Gasteiger partial charge < -0.3 is 10.6 Å². The third kappa shape index (κ3) is 1.82. The summed E-state index contributed by atoms with van der Waals surface area (Å²) in [6.45, 7) is 1.95. The van der Waals surface area contributed by atoms with Gasteiger partial charge in [-0.15, -0.1) is 0 Å². The molecular formula is C14H19FN2.